The van der Waals surface area contributed by atoms with Gasteiger partial charge in [-0.05, 0) is 67.8 Å². The molecule has 2 rings (SSSR count). The quantitative estimate of drug-likeness (QED) is 0.484. The van der Waals surface area contributed by atoms with Crippen LogP contribution < -0.4 is 4.74 Å². The first-order valence-corrected chi connectivity index (χ1v) is 6.86. The molecule has 0 fully saturated rings. The Morgan fingerprint density at radius 2 is 1.57 bits per heavy atom. The Morgan fingerprint density at radius 1 is 0.952 bits per heavy atom. The summed E-state index contributed by atoms with van der Waals surface area (Å²) in [6.45, 7) is 5.46. The van der Waals surface area contributed by atoms with Crippen molar-refractivity contribution in [3.8, 4) is 5.75 Å². The van der Waals surface area contributed by atoms with Crippen LogP contribution in [0.1, 0.15) is 37.4 Å². The Hall–Kier alpha value is -2.13. The van der Waals surface area contributed by atoms with Gasteiger partial charge in [0.15, 0.2) is 0 Å². The molecule has 0 spiro atoms. The topological polar surface area (TPSA) is 43.4 Å². The van der Waals surface area contributed by atoms with Crippen molar-refractivity contribution in [1.82, 2.24) is 0 Å². The predicted octanol–water partition coefficient (Wildman–Crippen LogP) is 4.21. The summed E-state index contributed by atoms with van der Waals surface area (Å²) in [6, 6.07) is 10.4. The van der Waals surface area contributed by atoms with Gasteiger partial charge in [0.05, 0.1) is 5.56 Å². The monoisotopic (exact) mass is 302 g/mol. The lowest BCUT2D eigenvalue weighted by atomic mass is 10.1. The van der Waals surface area contributed by atoms with Crippen LogP contribution in [0.3, 0.4) is 0 Å². The number of rotatable bonds is 3. The van der Waals surface area contributed by atoms with E-state index in [1.54, 1.807) is 44.2 Å². The number of ether oxygens (including phenoxy) is 1. The van der Waals surface area contributed by atoms with Crippen LogP contribution in [0.5, 0.6) is 5.75 Å². The lowest BCUT2D eigenvalue weighted by Crippen LogP contribution is -2.11. The Kier molecular flexibility index (Phi) is 4.43. The van der Waals surface area contributed by atoms with Crippen molar-refractivity contribution < 1.29 is 14.3 Å². The van der Waals surface area contributed by atoms with Gasteiger partial charge in [-0.1, -0.05) is 17.7 Å². The van der Waals surface area contributed by atoms with Crippen molar-refractivity contribution in [1.29, 1.82) is 0 Å². The smallest absolute Gasteiger partial charge is 0.343 e. The molecule has 0 aliphatic carbocycles. The van der Waals surface area contributed by atoms with Gasteiger partial charge in [-0.15, -0.1) is 0 Å². The number of hydrogen-bond donors (Lipinski definition) is 0. The highest BCUT2D eigenvalue weighted by Crippen LogP contribution is 2.26. The van der Waals surface area contributed by atoms with Gasteiger partial charge in [-0.3, -0.25) is 4.79 Å². The molecule has 0 saturated heterocycles. The summed E-state index contributed by atoms with van der Waals surface area (Å²) < 4.78 is 5.46. The van der Waals surface area contributed by atoms with E-state index < -0.39 is 11.2 Å². The summed E-state index contributed by atoms with van der Waals surface area (Å²) in [5.41, 5.74) is 3.26. The SMILES string of the molecule is Cc1cccc(C(=O)Oc2c(C)cc(C(=O)Cl)cc2C)c1. The average Bonchev–Trinajstić information content (AvgIpc) is 2.42. The van der Waals surface area contributed by atoms with E-state index >= 15 is 0 Å². The summed E-state index contributed by atoms with van der Waals surface area (Å²) >= 11 is 5.47. The van der Waals surface area contributed by atoms with Crippen molar-refractivity contribution >= 4 is 22.8 Å². The van der Waals surface area contributed by atoms with Crippen LogP contribution >= 0.6 is 11.6 Å². The van der Waals surface area contributed by atoms with E-state index in [0.29, 0.717) is 28.0 Å². The summed E-state index contributed by atoms with van der Waals surface area (Å²) in [4.78, 5) is 23.4. The first-order valence-electron chi connectivity index (χ1n) is 6.48. The fourth-order valence-corrected chi connectivity index (χ4v) is 2.26. The molecule has 0 heterocycles. The van der Waals surface area contributed by atoms with Gasteiger partial charge in [0.25, 0.3) is 5.24 Å². The summed E-state index contributed by atoms with van der Waals surface area (Å²) in [5.74, 6) is 0.0398. The van der Waals surface area contributed by atoms with E-state index in [2.05, 4.69) is 0 Å². The van der Waals surface area contributed by atoms with E-state index in [-0.39, 0.29) is 0 Å². The van der Waals surface area contributed by atoms with Crippen LogP contribution in [0.2, 0.25) is 0 Å². The maximum Gasteiger partial charge on any atom is 0.343 e. The molecule has 0 aliphatic heterocycles. The molecule has 0 N–H and O–H groups in total. The third-order valence-electron chi connectivity index (χ3n) is 3.14. The fourth-order valence-electron chi connectivity index (χ4n) is 2.15. The number of aryl methyl sites for hydroxylation is 3. The van der Waals surface area contributed by atoms with E-state index in [4.69, 9.17) is 16.3 Å². The molecule has 0 aromatic heterocycles. The van der Waals surface area contributed by atoms with Crippen molar-refractivity contribution in [2.45, 2.75) is 20.8 Å². The van der Waals surface area contributed by atoms with Crippen LogP contribution in [0.15, 0.2) is 36.4 Å². The number of benzene rings is 2. The summed E-state index contributed by atoms with van der Waals surface area (Å²) in [6.07, 6.45) is 0. The molecular formula is C17H15ClO3. The minimum absolute atomic E-state index is 0.391. The van der Waals surface area contributed by atoms with Crippen molar-refractivity contribution in [3.63, 3.8) is 0 Å². The normalized spacial score (nSPS) is 10.3. The number of halogens is 1. The van der Waals surface area contributed by atoms with Crippen molar-refractivity contribution in [3.05, 3.63) is 64.2 Å². The zero-order valence-electron chi connectivity index (χ0n) is 12.1. The minimum atomic E-state index is -0.530. The predicted molar refractivity (Wildman–Crippen MR) is 82.2 cm³/mol. The molecule has 4 heteroatoms. The molecule has 0 unspecified atom stereocenters. The largest absolute Gasteiger partial charge is 0.422 e. The molecule has 3 nitrogen and oxygen atoms in total. The van der Waals surface area contributed by atoms with Crippen LogP contribution in [0.4, 0.5) is 0 Å². The van der Waals surface area contributed by atoms with Gasteiger partial charge in [0.2, 0.25) is 0 Å². The Balaban J connectivity index is 2.32. The molecule has 0 aliphatic rings. The summed E-state index contributed by atoms with van der Waals surface area (Å²) in [7, 11) is 0. The first kappa shape index (κ1) is 15.3. The van der Waals surface area contributed by atoms with Gasteiger partial charge in [-0.25, -0.2) is 4.79 Å². The maximum absolute atomic E-state index is 12.2. The van der Waals surface area contributed by atoms with Gasteiger partial charge in [0, 0.05) is 5.56 Å². The van der Waals surface area contributed by atoms with E-state index in [1.165, 1.54) is 0 Å². The molecule has 0 radical (unpaired) electrons. The van der Waals surface area contributed by atoms with Crippen LogP contribution in [0, 0.1) is 20.8 Å². The highest BCUT2D eigenvalue weighted by Gasteiger charge is 2.15. The molecule has 0 bridgehead atoms. The maximum atomic E-state index is 12.2. The van der Waals surface area contributed by atoms with E-state index in [9.17, 15) is 9.59 Å². The lowest BCUT2D eigenvalue weighted by Gasteiger charge is -2.12. The van der Waals surface area contributed by atoms with E-state index in [0.717, 1.165) is 5.56 Å². The average molecular weight is 303 g/mol. The number of carbonyl (C=O) groups is 2. The molecule has 0 atom stereocenters. The number of hydrogen-bond acceptors (Lipinski definition) is 3. The molecule has 0 saturated carbocycles. The Morgan fingerprint density at radius 3 is 2.10 bits per heavy atom. The second-order valence-electron chi connectivity index (χ2n) is 4.97. The molecular weight excluding hydrogens is 288 g/mol. The van der Waals surface area contributed by atoms with Gasteiger partial charge in [-0.2, -0.15) is 0 Å². The fraction of sp³-hybridized carbons (Fsp3) is 0.176. The van der Waals surface area contributed by atoms with Crippen molar-refractivity contribution in [2.24, 2.45) is 0 Å². The molecule has 2 aromatic carbocycles. The number of carbonyl (C=O) groups excluding carboxylic acids is 2. The molecule has 21 heavy (non-hydrogen) atoms. The Labute approximate surface area is 128 Å². The summed E-state index contributed by atoms with van der Waals surface area (Å²) in [5, 5.41) is -0.530. The van der Waals surface area contributed by atoms with E-state index in [1.807, 2.05) is 13.0 Å². The van der Waals surface area contributed by atoms with Crippen molar-refractivity contribution in [2.75, 3.05) is 0 Å². The van der Waals surface area contributed by atoms with Gasteiger partial charge >= 0.3 is 5.97 Å². The van der Waals surface area contributed by atoms with Gasteiger partial charge < -0.3 is 4.74 Å². The van der Waals surface area contributed by atoms with Crippen LogP contribution in [-0.2, 0) is 0 Å². The third-order valence-corrected chi connectivity index (χ3v) is 3.35. The zero-order valence-corrected chi connectivity index (χ0v) is 12.8. The zero-order chi connectivity index (χ0) is 15.6. The highest BCUT2D eigenvalue weighted by atomic mass is 35.5. The van der Waals surface area contributed by atoms with Crippen LogP contribution in [0.25, 0.3) is 0 Å². The molecule has 0 amide bonds. The Bertz CT molecular complexity index is 697. The van der Waals surface area contributed by atoms with Gasteiger partial charge in [0.1, 0.15) is 5.75 Å². The lowest BCUT2D eigenvalue weighted by molar-refractivity contribution is 0.0732. The third kappa shape index (κ3) is 3.50. The molecule has 108 valence electrons. The second kappa shape index (κ2) is 6.10. The second-order valence-corrected chi connectivity index (χ2v) is 5.32. The minimum Gasteiger partial charge on any atom is -0.422 e. The van der Waals surface area contributed by atoms with Crippen LogP contribution in [-0.4, -0.2) is 11.2 Å². The standard InChI is InChI=1S/C17H15ClO3/c1-10-5-4-6-13(7-10)17(20)21-15-11(2)8-14(16(18)19)9-12(15)3/h4-9H,1-3H3. The molecule has 2 aromatic rings. The highest BCUT2D eigenvalue weighted by molar-refractivity contribution is 6.67. The first-order chi connectivity index (χ1) is 9.88. The number of esters is 1.